The molecule has 5 rings (SSSR count). The normalized spacial score (nSPS) is 12.6. The fourth-order valence-electron chi connectivity index (χ4n) is 4.13. The van der Waals surface area contributed by atoms with Crippen molar-refractivity contribution in [2.45, 2.75) is 12.6 Å². The molecule has 0 saturated heterocycles. The maximum absolute atomic E-state index is 10.9. The van der Waals surface area contributed by atoms with E-state index in [1.54, 1.807) is 0 Å². The third kappa shape index (κ3) is 3.62. The number of nitrogens with one attached hydrogen (secondary N) is 1. The van der Waals surface area contributed by atoms with Gasteiger partial charge in [-0.05, 0) is 47.9 Å². The molecule has 5 aromatic rings. The fourth-order valence-corrected chi connectivity index (χ4v) is 4.85. The van der Waals surface area contributed by atoms with Gasteiger partial charge in [0, 0.05) is 48.4 Å². The van der Waals surface area contributed by atoms with Crippen molar-refractivity contribution in [3.05, 3.63) is 87.8 Å². The van der Waals surface area contributed by atoms with Gasteiger partial charge in [0.25, 0.3) is 0 Å². The zero-order valence-corrected chi connectivity index (χ0v) is 19.3. The Morgan fingerprint density at radius 1 is 0.767 bits per heavy atom. The first kappa shape index (κ1) is 19.6. The van der Waals surface area contributed by atoms with Gasteiger partial charge in [-0.15, -0.1) is 0 Å². The van der Waals surface area contributed by atoms with Crippen LogP contribution in [0.4, 0.5) is 5.69 Å². The molecular formula is C25H20Br2N2O. The minimum Gasteiger partial charge on any atom is -0.389 e. The second kappa shape index (κ2) is 8.06. The number of benzene rings is 4. The molecule has 150 valence electrons. The lowest BCUT2D eigenvalue weighted by Gasteiger charge is -2.16. The summed E-state index contributed by atoms with van der Waals surface area (Å²) in [5, 5.41) is 19.0. The van der Waals surface area contributed by atoms with Crippen LogP contribution < -0.4 is 5.32 Å². The molecule has 4 aromatic carbocycles. The second-order valence-corrected chi connectivity index (χ2v) is 9.33. The van der Waals surface area contributed by atoms with E-state index in [1.807, 2.05) is 30.3 Å². The van der Waals surface area contributed by atoms with E-state index in [9.17, 15) is 5.11 Å². The quantitative estimate of drug-likeness (QED) is 0.261. The summed E-state index contributed by atoms with van der Waals surface area (Å²) in [6.45, 7) is 0.989. The van der Waals surface area contributed by atoms with Crippen LogP contribution in [0.3, 0.4) is 0 Å². The van der Waals surface area contributed by atoms with Gasteiger partial charge < -0.3 is 15.0 Å². The molecule has 5 heteroatoms. The van der Waals surface area contributed by atoms with Crippen LogP contribution in [0, 0.1) is 0 Å². The maximum atomic E-state index is 10.9. The molecule has 3 nitrogen and oxygen atoms in total. The molecule has 0 unspecified atom stereocenters. The average molecular weight is 524 g/mol. The smallest absolute Gasteiger partial charge is 0.0891 e. The minimum absolute atomic E-state index is 0.474. The van der Waals surface area contributed by atoms with Gasteiger partial charge in [0.1, 0.15) is 0 Å². The molecule has 0 radical (unpaired) electrons. The van der Waals surface area contributed by atoms with E-state index < -0.39 is 6.10 Å². The third-order valence-corrected chi connectivity index (χ3v) is 6.49. The molecule has 1 aromatic heterocycles. The van der Waals surface area contributed by atoms with E-state index in [0.29, 0.717) is 13.1 Å². The highest BCUT2D eigenvalue weighted by Crippen LogP contribution is 2.33. The van der Waals surface area contributed by atoms with Crippen molar-refractivity contribution in [2.75, 3.05) is 11.9 Å². The monoisotopic (exact) mass is 522 g/mol. The van der Waals surface area contributed by atoms with Gasteiger partial charge in [0.15, 0.2) is 0 Å². The van der Waals surface area contributed by atoms with Crippen LogP contribution in [0.2, 0.25) is 0 Å². The van der Waals surface area contributed by atoms with E-state index in [4.69, 9.17) is 0 Å². The van der Waals surface area contributed by atoms with Gasteiger partial charge >= 0.3 is 0 Å². The summed E-state index contributed by atoms with van der Waals surface area (Å²) < 4.78 is 4.30. The second-order valence-electron chi connectivity index (χ2n) is 7.49. The molecule has 30 heavy (non-hydrogen) atoms. The van der Waals surface area contributed by atoms with Crippen LogP contribution in [0.1, 0.15) is 0 Å². The van der Waals surface area contributed by atoms with Crippen molar-refractivity contribution < 1.29 is 5.11 Å². The number of aromatic nitrogens is 1. The lowest BCUT2D eigenvalue weighted by molar-refractivity contribution is 0.169. The molecule has 0 bridgehead atoms. The van der Waals surface area contributed by atoms with Crippen molar-refractivity contribution in [1.29, 1.82) is 0 Å². The predicted octanol–water partition coefficient (Wildman–Crippen LogP) is 6.95. The maximum Gasteiger partial charge on any atom is 0.0891 e. The topological polar surface area (TPSA) is 37.2 Å². The summed E-state index contributed by atoms with van der Waals surface area (Å²) >= 11 is 7.17. The van der Waals surface area contributed by atoms with Crippen LogP contribution in [-0.2, 0) is 6.54 Å². The fraction of sp³-hybridized carbons (Fsp3) is 0.120. The standard InChI is InChI=1S/C25H20Br2N2O/c26-17-8-10-24-21(12-17)22-13-18(27)9-11-25(22)29(24)15-19(30)14-28-23-7-3-5-16-4-1-2-6-20(16)23/h1-13,19,28,30H,14-15H2/t19-/m1/s1. The van der Waals surface area contributed by atoms with Gasteiger partial charge in [-0.3, -0.25) is 0 Å². The number of fused-ring (bicyclic) bond motifs is 4. The largest absolute Gasteiger partial charge is 0.389 e. The summed E-state index contributed by atoms with van der Waals surface area (Å²) in [5.41, 5.74) is 3.29. The molecule has 0 aliphatic heterocycles. The Kier molecular flexibility index (Phi) is 5.27. The summed E-state index contributed by atoms with van der Waals surface area (Å²) in [6, 6.07) is 27.1. The summed E-state index contributed by atoms with van der Waals surface area (Å²) in [7, 11) is 0. The zero-order chi connectivity index (χ0) is 20.7. The van der Waals surface area contributed by atoms with Crippen LogP contribution in [0.25, 0.3) is 32.6 Å². The summed E-state index contributed by atoms with van der Waals surface area (Å²) in [4.78, 5) is 0. The number of aliphatic hydroxyl groups is 1. The highest BCUT2D eigenvalue weighted by Gasteiger charge is 2.15. The van der Waals surface area contributed by atoms with Crippen molar-refractivity contribution >= 4 is 70.1 Å². The number of aliphatic hydroxyl groups excluding tert-OH is 1. The lowest BCUT2D eigenvalue weighted by Crippen LogP contribution is -2.24. The predicted molar refractivity (Wildman–Crippen MR) is 133 cm³/mol. The first-order valence-corrected chi connectivity index (χ1v) is 11.5. The van der Waals surface area contributed by atoms with Crippen molar-refractivity contribution in [1.82, 2.24) is 4.57 Å². The SMILES string of the molecule is O[C@H](CNc1cccc2ccccc12)Cn1c2ccc(Br)cc2c2cc(Br)ccc21. The van der Waals surface area contributed by atoms with Crippen LogP contribution in [0.15, 0.2) is 87.8 Å². The van der Waals surface area contributed by atoms with Crippen molar-refractivity contribution in [2.24, 2.45) is 0 Å². The van der Waals surface area contributed by atoms with E-state index in [0.717, 1.165) is 25.7 Å². The van der Waals surface area contributed by atoms with Gasteiger partial charge in [-0.2, -0.15) is 0 Å². The third-order valence-electron chi connectivity index (χ3n) is 5.50. The average Bonchev–Trinajstić information content (AvgIpc) is 3.04. The Hall–Kier alpha value is -2.34. The van der Waals surface area contributed by atoms with Gasteiger partial charge in [0.05, 0.1) is 12.6 Å². The number of rotatable bonds is 5. The Morgan fingerprint density at radius 3 is 2.10 bits per heavy atom. The molecule has 0 spiro atoms. The van der Waals surface area contributed by atoms with E-state index in [1.165, 1.54) is 21.5 Å². The zero-order valence-electron chi connectivity index (χ0n) is 16.1. The summed E-state index contributed by atoms with van der Waals surface area (Å²) in [6.07, 6.45) is -0.532. The molecule has 1 atom stereocenters. The van der Waals surface area contributed by atoms with Crippen LogP contribution in [0.5, 0.6) is 0 Å². The molecule has 0 aliphatic rings. The van der Waals surface area contributed by atoms with E-state index in [2.05, 4.69) is 90.3 Å². The Morgan fingerprint density at radius 2 is 1.40 bits per heavy atom. The summed E-state index contributed by atoms with van der Waals surface area (Å²) in [5.74, 6) is 0. The van der Waals surface area contributed by atoms with E-state index >= 15 is 0 Å². The number of hydrogen-bond acceptors (Lipinski definition) is 2. The molecule has 0 fully saturated rings. The first-order chi connectivity index (χ1) is 14.6. The van der Waals surface area contributed by atoms with Crippen LogP contribution >= 0.6 is 31.9 Å². The number of anilines is 1. The number of halogens is 2. The van der Waals surface area contributed by atoms with Gasteiger partial charge in [-0.25, -0.2) is 0 Å². The Bertz CT molecular complexity index is 1310. The van der Waals surface area contributed by atoms with Gasteiger partial charge in [0.2, 0.25) is 0 Å². The van der Waals surface area contributed by atoms with E-state index in [-0.39, 0.29) is 0 Å². The molecular weight excluding hydrogens is 504 g/mol. The minimum atomic E-state index is -0.532. The highest BCUT2D eigenvalue weighted by molar-refractivity contribution is 9.10. The first-order valence-electron chi connectivity index (χ1n) is 9.87. The van der Waals surface area contributed by atoms with Crippen LogP contribution in [-0.4, -0.2) is 22.3 Å². The van der Waals surface area contributed by atoms with Gasteiger partial charge in [-0.1, -0.05) is 68.3 Å². The molecule has 2 N–H and O–H groups in total. The van der Waals surface area contributed by atoms with Crippen molar-refractivity contribution in [3.8, 4) is 0 Å². The molecule has 0 aliphatic carbocycles. The Balaban J connectivity index is 1.45. The molecule has 0 saturated carbocycles. The number of hydrogen-bond donors (Lipinski definition) is 2. The Labute approximate surface area is 191 Å². The molecule has 1 heterocycles. The molecule has 0 amide bonds. The number of nitrogens with zero attached hydrogens (tertiary/aromatic N) is 1. The lowest BCUT2D eigenvalue weighted by atomic mass is 10.1. The van der Waals surface area contributed by atoms with Crippen molar-refractivity contribution in [3.63, 3.8) is 0 Å². The highest BCUT2D eigenvalue weighted by atomic mass is 79.9.